The minimum atomic E-state index is -3.84. The second-order valence-electron chi connectivity index (χ2n) is 9.50. The number of aryl methyl sites for hydroxylation is 5. The van der Waals surface area contributed by atoms with E-state index in [1.54, 1.807) is 25.3 Å². The highest BCUT2D eigenvalue weighted by atomic mass is 32.2. The van der Waals surface area contributed by atoms with E-state index in [1.165, 1.54) is 9.87 Å². The average molecular weight is 509 g/mol. The zero-order valence-electron chi connectivity index (χ0n) is 21.3. The molecule has 36 heavy (non-hydrogen) atoms. The van der Waals surface area contributed by atoms with Crippen molar-refractivity contribution < 1.29 is 17.7 Å². The number of hydrogen-bond donors (Lipinski definition) is 1. The Morgan fingerprint density at radius 2 is 1.69 bits per heavy atom. The Hall–Kier alpha value is -3.30. The number of hydrogen-bond acceptors (Lipinski definition) is 6. The first-order chi connectivity index (χ1) is 17.1. The van der Waals surface area contributed by atoms with Gasteiger partial charge in [-0.3, -0.25) is 4.79 Å². The summed E-state index contributed by atoms with van der Waals surface area (Å²) in [6, 6.07) is 7.82. The molecule has 1 N–H and O–H groups in total. The third kappa shape index (κ3) is 5.42. The first-order valence-corrected chi connectivity index (χ1v) is 13.5. The molecule has 1 saturated heterocycles. The fourth-order valence-electron chi connectivity index (χ4n) is 4.67. The van der Waals surface area contributed by atoms with Crippen LogP contribution < -0.4 is 5.32 Å². The zero-order valence-corrected chi connectivity index (χ0v) is 22.1. The van der Waals surface area contributed by atoms with E-state index in [0.717, 1.165) is 22.3 Å². The molecule has 8 nitrogen and oxygen atoms in total. The maximum absolute atomic E-state index is 13.6. The molecular weight excluding hydrogens is 476 g/mol. The zero-order chi connectivity index (χ0) is 26.0. The Kier molecular flexibility index (Phi) is 7.42. The van der Waals surface area contributed by atoms with Crippen LogP contribution in [-0.2, 0) is 14.8 Å². The van der Waals surface area contributed by atoms with Crippen LogP contribution in [0.5, 0.6) is 0 Å². The standard InChI is InChI=1S/C27H32N4O4S/c1-17-6-9-25(28-16-17)29-27(32)22-10-12-31(13-11-22)36(33,34)26-21(5)30-35-24(26)8-7-23-19(3)14-18(2)15-20(23)4/h6-9,14-16,22H,10-13H2,1-5H3,(H,28,29,32)/b8-7+. The SMILES string of the molecule is Cc1ccc(NC(=O)C2CCN(S(=O)(=O)c3c(C)noc3/C=C/c3c(C)cc(C)cc3C)CC2)nc1. The van der Waals surface area contributed by atoms with E-state index in [2.05, 4.69) is 27.6 Å². The lowest BCUT2D eigenvalue weighted by Gasteiger charge is -2.30. The lowest BCUT2D eigenvalue weighted by atomic mass is 9.97. The van der Waals surface area contributed by atoms with Crippen LogP contribution in [0.2, 0.25) is 0 Å². The predicted octanol–water partition coefficient (Wildman–Crippen LogP) is 4.82. The van der Waals surface area contributed by atoms with Gasteiger partial charge in [0.25, 0.3) is 0 Å². The smallest absolute Gasteiger partial charge is 0.248 e. The van der Waals surface area contributed by atoms with Gasteiger partial charge in [0.05, 0.1) is 0 Å². The number of nitrogens with zero attached hydrogens (tertiary/aromatic N) is 3. The number of carbonyl (C=O) groups excluding carboxylic acids is 1. The summed E-state index contributed by atoms with van der Waals surface area (Å²) in [6.07, 6.45) is 6.09. The number of carbonyl (C=O) groups is 1. The van der Waals surface area contributed by atoms with Gasteiger partial charge < -0.3 is 9.84 Å². The lowest BCUT2D eigenvalue weighted by Crippen LogP contribution is -2.41. The van der Waals surface area contributed by atoms with E-state index >= 15 is 0 Å². The summed E-state index contributed by atoms with van der Waals surface area (Å²) in [4.78, 5) is 17.0. The molecule has 190 valence electrons. The Balaban J connectivity index is 1.48. The second kappa shape index (κ2) is 10.4. The van der Waals surface area contributed by atoms with Crippen molar-refractivity contribution in [2.75, 3.05) is 18.4 Å². The molecule has 2 aromatic heterocycles. The topological polar surface area (TPSA) is 105 Å². The molecule has 0 spiro atoms. The first kappa shape index (κ1) is 25.8. The van der Waals surface area contributed by atoms with E-state index in [-0.39, 0.29) is 35.6 Å². The summed E-state index contributed by atoms with van der Waals surface area (Å²) < 4.78 is 34.0. The number of rotatable bonds is 6. The quantitative estimate of drug-likeness (QED) is 0.512. The van der Waals surface area contributed by atoms with Crippen molar-refractivity contribution in [3.63, 3.8) is 0 Å². The van der Waals surface area contributed by atoms with Crippen molar-refractivity contribution in [3.05, 3.63) is 69.7 Å². The number of pyridine rings is 1. The normalized spacial score (nSPS) is 15.5. The van der Waals surface area contributed by atoms with Gasteiger partial charge in [-0.2, -0.15) is 4.31 Å². The third-order valence-corrected chi connectivity index (χ3v) is 8.62. The first-order valence-electron chi connectivity index (χ1n) is 12.0. The number of amides is 1. The van der Waals surface area contributed by atoms with Crippen molar-refractivity contribution in [1.29, 1.82) is 0 Å². The maximum Gasteiger partial charge on any atom is 0.248 e. The molecule has 0 unspecified atom stereocenters. The molecule has 0 atom stereocenters. The van der Waals surface area contributed by atoms with E-state index in [9.17, 15) is 13.2 Å². The van der Waals surface area contributed by atoms with Crippen molar-refractivity contribution in [3.8, 4) is 0 Å². The highest BCUT2D eigenvalue weighted by molar-refractivity contribution is 7.89. The summed E-state index contributed by atoms with van der Waals surface area (Å²) in [6.45, 7) is 10.1. The summed E-state index contributed by atoms with van der Waals surface area (Å²) in [5.41, 5.74) is 5.73. The summed E-state index contributed by atoms with van der Waals surface area (Å²) in [5, 5.41) is 6.77. The van der Waals surface area contributed by atoms with Gasteiger partial charge in [0.15, 0.2) is 10.7 Å². The minimum Gasteiger partial charge on any atom is -0.355 e. The van der Waals surface area contributed by atoms with Crippen LogP contribution in [-0.4, -0.2) is 41.9 Å². The number of sulfonamides is 1. The van der Waals surface area contributed by atoms with Gasteiger partial charge in [-0.05, 0) is 81.9 Å². The Morgan fingerprint density at radius 3 is 2.31 bits per heavy atom. The molecule has 1 fully saturated rings. The predicted molar refractivity (Wildman–Crippen MR) is 140 cm³/mol. The van der Waals surface area contributed by atoms with Gasteiger partial charge in [0.2, 0.25) is 15.9 Å². The largest absolute Gasteiger partial charge is 0.355 e. The van der Waals surface area contributed by atoms with Gasteiger partial charge >= 0.3 is 0 Å². The Bertz CT molecular complexity index is 1380. The van der Waals surface area contributed by atoms with Gasteiger partial charge in [0.1, 0.15) is 11.5 Å². The van der Waals surface area contributed by atoms with Crippen molar-refractivity contribution in [2.24, 2.45) is 5.92 Å². The molecule has 0 saturated carbocycles. The van der Waals surface area contributed by atoms with Crippen LogP contribution in [0.1, 0.15) is 52.1 Å². The highest BCUT2D eigenvalue weighted by Crippen LogP contribution is 2.30. The molecule has 4 rings (SSSR count). The molecule has 0 radical (unpaired) electrons. The monoisotopic (exact) mass is 508 g/mol. The molecular formula is C27H32N4O4S. The molecule has 3 aromatic rings. The molecule has 1 aromatic carbocycles. The number of piperidine rings is 1. The molecule has 1 aliphatic heterocycles. The van der Waals surface area contributed by atoms with E-state index in [0.29, 0.717) is 24.4 Å². The highest BCUT2D eigenvalue weighted by Gasteiger charge is 2.36. The minimum absolute atomic E-state index is 0.0768. The molecule has 1 amide bonds. The van der Waals surface area contributed by atoms with Crippen LogP contribution in [0.15, 0.2) is 39.9 Å². The third-order valence-electron chi connectivity index (χ3n) is 6.56. The van der Waals surface area contributed by atoms with Crippen LogP contribution in [0.3, 0.4) is 0 Å². The van der Waals surface area contributed by atoms with E-state index < -0.39 is 10.0 Å². The second-order valence-corrected chi connectivity index (χ2v) is 11.4. The molecule has 0 bridgehead atoms. The Labute approximate surface area is 212 Å². The fraction of sp³-hybridized carbons (Fsp3) is 0.370. The van der Waals surface area contributed by atoms with Crippen LogP contribution >= 0.6 is 0 Å². The number of nitrogens with one attached hydrogen (secondary N) is 1. The average Bonchev–Trinajstić information content (AvgIpc) is 3.21. The Morgan fingerprint density at radius 1 is 1.03 bits per heavy atom. The summed E-state index contributed by atoms with van der Waals surface area (Å²) >= 11 is 0. The van der Waals surface area contributed by atoms with Crippen molar-refractivity contribution in [1.82, 2.24) is 14.4 Å². The molecule has 0 aliphatic carbocycles. The number of anilines is 1. The molecule has 3 heterocycles. The lowest BCUT2D eigenvalue weighted by molar-refractivity contribution is -0.120. The van der Waals surface area contributed by atoms with Gasteiger partial charge in [-0.15, -0.1) is 0 Å². The van der Waals surface area contributed by atoms with E-state index in [4.69, 9.17) is 4.52 Å². The van der Waals surface area contributed by atoms with Gasteiger partial charge in [0, 0.05) is 25.2 Å². The van der Waals surface area contributed by atoms with Crippen molar-refractivity contribution in [2.45, 2.75) is 52.4 Å². The van der Waals surface area contributed by atoms with Crippen LogP contribution in [0, 0.1) is 40.5 Å². The van der Waals surface area contributed by atoms with Gasteiger partial charge in [-0.1, -0.05) is 35.0 Å². The number of aromatic nitrogens is 2. The number of benzene rings is 1. The summed E-state index contributed by atoms with van der Waals surface area (Å²) in [5.74, 6) is 0.278. The van der Waals surface area contributed by atoms with E-state index in [1.807, 2.05) is 39.8 Å². The van der Waals surface area contributed by atoms with Gasteiger partial charge in [-0.25, -0.2) is 13.4 Å². The maximum atomic E-state index is 13.6. The van der Waals surface area contributed by atoms with Crippen LogP contribution in [0.25, 0.3) is 12.2 Å². The fourth-order valence-corrected chi connectivity index (χ4v) is 6.39. The summed E-state index contributed by atoms with van der Waals surface area (Å²) in [7, 11) is -3.84. The van der Waals surface area contributed by atoms with Crippen molar-refractivity contribution >= 4 is 33.9 Å². The molecule has 1 aliphatic rings. The van der Waals surface area contributed by atoms with Crippen LogP contribution in [0.4, 0.5) is 5.82 Å². The molecule has 9 heteroatoms.